The second kappa shape index (κ2) is 6.91. The van der Waals surface area contributed by atoms with Crippen molar-refractivity contribution in [2.45, 2.75) is 24.2 Å². The van der Waals surface area contributed by atoms with Crippen LogP contribution in [0.4, 0.5) is 4.39 Å². The van der Waals surface area contributed by atoms with Gasteiger partial charge in [-0.1, -0.05) is 18.5 Å². The van der Waals surface area contributed by atoms with Crippen molar-refractivity contribution < 1.29 is 22.7 Å². The van der Waals surface area contributed by atoms with Gasteiger partial charge in [-0.15, -0.1) is 0 Å². The number of hydrogen-bond donors (Lipinski definition) is 3. The molecule has 4 N–H and O–H groups in total. The number of benzene rings is 2. The largest absolute Gasteiger partial charge is 0.507 e. The zero-order valence-electron chi connectivity index (χ0n) is 14.0. The molecule has 3 rings (SSSR count). The number of phenolic OH excluding ortho intramolecular Hbond substituents is 1. The molecule has 10 heteroatoms. The maximum atomic E-state index is 14.0. The Morgan fingerprint density at radius 2 is 2.07 bits per heavy atom. The predicted octanol–water partition coefficient (Wildman–Crippen LogP) is 2.47. The standard InChI is InChI=1S/C17H15ClFN3O4S/c1-8-6-12(16-13(23)5-4-11(19)15(8)16)21-22-17(24)9-2-3-10(18)14(7-9)27(20,25)26/h2-5,7-8,23H,6H2,1H3,(H,22,24)(H2,20,25,26)/b21-12+/t8-/m1/s1. The number of halogens is 2. The lowest BCUT2D eigenvalue weighted by atomic mass is 10.0. The molecule has 0 saturated heterocycles. The number of nitrogens with zero attached hydrogens (tertiary/aromatic N) is 1. The van der Waals surface area contributed by atoms with Gasteiger partial charge in [-0.05, 0) is 42.7 Å². The van der Waals surface area contributed by atoms with Gasteiger partial charge >= 0.3 is 0 Å². The molecular formula is C17H15ClFN3O4S. The second-order valence-corrected chi connectivity index (χ2v) is 8.09. The fourth-order valence-electron chi connectivity index (χ4n) is 3.01. The quantitative estimate of drug-likeness (QED) is 0.671. The number of nitrogens with two attached hydrogens (primary N) is 1. The summed E-state index contributed by atoms with van der Waals surface area (Å²) < 4.78 is 37.0. The Balaban J connectivity index is 1.91. The molecule has 142 valence electrons. The molecule has 27 heavy (non-hydrogen) atoms. The molecule has 1 amide bonds. The van der Waals surface area contributed by atoms with Crippen LogP contribution in [0.25, 0.3) is 0 Å². The van der Waals surface area contributed by atoms with Crippen molar-refractivity contribution in [3.05, 3.63) is 57.9 Å². The van der Waals surface area contributed by atoms with Gasteiger partial charge in [-0.3, -0.25) is 4.79 Å². The van der Waals surface area contributed by atoms with Crippen LogP contribution < -0.4 is 10.6 Å². The zero-order chi connectivity index (χ0) is 19.9. The van der Waals surface area contributed by atoms with Crippen molar-refractivity contribution in [3.8, 4) is 5.75 Å². The Kier molecular flexibility index (Phi) is 4.94. The van der Waals surface area contributed by atoms with Gasteiger partial charge in [0.2, 0.25) is 10.0 Å². The highest BCUT2D eigenvalue weighted by Gasteiger charge is 2.30. The lowest BCUT2D eigenvalue weighted by molar-refractivity contribution is 0.0954. The maximum Gasteiger partial charge on any atom is 0.271 e. The number of carbonyl (C=O) groups excluding carboxylic acids is 1. The van der Waals surface area contributed by atoms with Gasteiger partial charge in [0.25, 0.3) is 5.91 Å². The summed E-state index contributed by atoms with van der Waals surface area (Å²) in [5.74, 6) is -1.51. The lowest BCUT2D eigenvalue weighted by Crippen LogP contribution is -2.21. The van der Waals surface area contributed by atoms with Crippen LogP contribution in [0, 0.1) is 5.82 Å². The summed E-state index contributed by atoms with van der Waals surface area (Å²) in [4.78, 5) is 11.9. The molecule has 0 saturated carbocycles. The van der Waals surface area contributed by atoms with Gasteiger partial charge in [-0.25, -0.2) is 23.4 Å². The molecule has 1 atom stereocenters. The van der Waals surface area contributed by atoms with Crippen LogP contribution in [0.15, 0.2) is 40.3 Å². The summed E-state index contributed by atoms with van der Waals surface area (Å²) >= 11 is 5.79. The summed E-state index contributed by atoms with van der Waals surface area (Å²) in [6.45, 7) is 1.78. The molecule has 2 aromatic rings. The van der Waals surface area contributed by atoms with E-state index in [0.29, 0.717) is 17.7 Å². The van der Waals surface area contributed by atoms with E-state index in [1.54, 1.807) is 6.92 Å². The van der Waals surface area contributed by atoms with Crippen LogP contribution in [0.3, 0.4) is 0 Å². The van der Waals surface area contributed by atoms with Gasteiger partial charge in [0, 0.05) is 16.7 Å². The van der Waals surface area contributed by atoms with Crippen molar-refractivity contribution in [1.82, 2.24) is 5.43 Å². The van der Waals surface area contributed by atoms with Crippen molar-refractivity contribution in [3.63, 3.8) is 0 Å². The smallest absolute Gasteiger partial charge is 0.271 e. The first-order chi connectivity index (χ1) is 12.6. The number of carbonyl (C=O) groups is 1. The van der Waals surface area contributed by atoms with Crippen LogP contribution in [0.2, 0.25) is 5.02 Å². The second-order valence-electron chi connectivity index (χ2n) is 6.15. The molecule has 1 aliphatic rings. The molecule has 0 bridgehead atoms. The summed E-state index contributed by atoms with van der Waals surface area (Å²) in [5, 5.41) is 19.0. The van der Waals surface area contributed by atoms with E-state index < -0.39 is 21.7 Å². The number of fused-ring (bicyclic) bond motifs is 1. The summed E-state index contributed by atoms with van der Waals surface area (Å²) in [5.41, 5.74) is 3.17. The molecule has 1 aliphatic carbocycles. The fourth-order valence-corrected chi connectivity index (χ4v) is 4.08. The summed E-state index contributed by atoms with van der Waals surface area (Å²) in [7, 11) is -4.10. The molecule has 0 aliphatic heterocycles. The number of nitrogens with one attached hydrogen (secondary N) is 1. The van der Waals surface area contributed by atoms with Gasteiger partial charge in [0.05, 0.1) is 10.7 Å². The van der Waals surface area contributed by atoms with Gasteiger partial charge in [0.1, 0.15) is 16.5 Å². The molecule has 2 aromatic carbocycles. The minimum atomic E-state index is -4.10. The molecule has 0 unspecified atom stereocenters. The topological polar surface area (TPSA) is 122 Å². The van der Waals surface area contributed by atoms with E-state index in [1.807, 2.05) is 0 Å². The Morgan fingerprint density at radius 3 is 2.74 bits per heavy atom. The van der Waals surface area contributed by atoms with E-state index in [0.717, 1.165) is 6.07 Å². The number of amides is 1. The van der Waals surface area contributed by atoms with Crippen molar-refractivity contribution in [1.29, 1.82) is 0 Å². The SMILES string of the molecule is C[C@@H]1C/C(=N\NC(=O)c2ccc(Cl)c(S(N)(=O)=O)c2)c2c(O)ccc(F)c21. The third-order valence-corrected chi connectivity index (χ3v) is 5.64. The Labute approximate surface area is 159 Å². The molecule has 0 fully saturated rings. The van der Waals surface area contributed by atoms with Crippen molar-refractivity contribution in [2.24, 2.45) is 10.2 Å². The number of aromatic hydroxyl groups is 1. The first-order valence-corrected chi connectivity index (χ1v) is 9.73. The third kappa shape index (κ3) is 3.66. The Hall–Kier alpha value is -2.49. The van der Waals surface area contributed by atoms with Crippen LogP contribution in [0.5, 0.6) is 5.75 Å². The van der Waals surface area contributed by atoms with Crippen LogP contribution in [-0.2, 0) is 10.0 Å². The van der Waals surface area contributed by atoms with E-state index in [2.05, 4.69) is 10.5 Å². The Morgan fingerprint density at radius 1 is 1.37 bits per heavy atom. The number of primary sulfonamides is 1. The van der Waals surface area contributed by atoms with E-state index in [9.17, 15) is 22.7 Å². The van der Waals surface area contributed by atoms with Gasteiger partial charge in [0.15, 0.2) is 0 Å². The summed E-state index contributed by atoms with van der Waals surface area (Å²) in [6.07, 6.45) is 0.327. The normalized spacial score (nSPS) is 17.8. The first kappa shape index (κ1) is 19.3. The van der Waals surface area contributed by atoms with Crippen LogP contribution >= 0.6 is 11.6 Å². The fraction of sp³-hybridized carbons (Fsp3) is 0.176. The molecule has 7 nitrogen and oxygen atoms in total. The molecule has 0 spiro atoms. The van der Waals surface area contributed by atoms with E-state index in [4.69, 9.17) is 16.7 Å². The number of phenols is 1. The molecular weight excluding hydrogens is 397 g/mol. The van der Waals surface area contributed by atoms with Crippen LogP contribution in [-0.4, -0.2) is 25.1 Å². The number of sulfonamides is 1. The Bertz CT molecular complexity index is 1090. The average molecular weight is 412 g/mol. The highest BCUT2D eigenvalue weighted by Crippen LogP contribution is 2.39. The highest BCUT2D eigenvalue weighted by atomic mass is 35.5. The minimum Gasteiger partial charge on any atom is -0.507 e. The van der Waals surface area contributed by atoms with Crippen LogP contribution in [0.1, 0.15) is 40.7 Å². The van der Waals surface area contributed by atoms with E-state index >= 15 is 0 Å². The number of rotatable bonds is 3. The minimum absolute atomic E-state index is 0.0255. The average Bonchev–Trinajstić information content (AvgIpc) is 2.93. The monoisotopic (exact) mass is 411 g/mol. The molecule has 0 heterocycles. The van der Waals surface area contributed by atoms with Gasteiger partial charge < -0.3 is 5.11 Å². The lowest BCUT2D eigenvalue weighted by Gasteiger charge is -2.07. The predicted molar refractivity (Wildman–Crippen MR) is 97.9 cm³/mol. The summed E-state index contributed by atoms with van der Waals surface area (Å²) in [6, 6.07) is 5.98. The van der Waals surface area contributed by atoms with E-state index in [1.165, 1.54) is 24.3 Å². The molecule has 0 aromatic heterocycles. The number of hydrazone groups is 1. The van der Waals surface area contributed by atoms with E-state index in [-0.39, 0.29) is 32.7 Å². The maximum absolute atomic E-state index is 14.0. The third-order valence-electron chi connectivity index (χ3n) is 4.24. The number of hydrogen-bond acceptors (Lipinski definition) is 5. The van der Waals surface area contributed by atoms with Crippen molar-refractivity contribution >= 4 is 33.2 Å². The van der Waals surface area contributed by atoms with Crippen molar-refractivity contribution in [2.75, 3.05) is 0 Å². The first-order valence-electron chi connectivity index (χ1n) is 7.80. The zero-order valence-corrected chi connectivity index (χ0v) is 15.6. The molecule has 0 radical (unpaired) electrons. The highest BCUT2D eigenvalue weighted by molar-refractivity contribution is 7.89. The van der Waals surface area contributed by atoms with Gasteiger partial charge in [-0.2, -0.15) is 5.10 Å².